The van der Waals surface area contributed by atoms with Crippen LogP contribution in [0.4, 0.5) is 0 Å². The van der Waals surface area contributed by atoms with Crippen LogP contribution in [0.1, 0.15) is 72.9 Å². The van der Waals surface area contributed by atoms with E-state index in [0.717, 1.165) is 30.5 Å². The van der Waals surface area contributed by atoms with Crippen molar-refractivity contribution in [2.75, 3.05) is 0 Å². The molecule has 0 fully saturated rings. The predicted octanol–water partition coefficient (Wildman–Crippen LogP) is 11.9. The lowest BCUT2D eigenvalue weighted by Crippen LogP contribution is -2.27. The fourth-order valence-electron chi connectivity index (χ4n) is 7.16. The molecule has 254 valence electrons. The van der Waals surface area contributed by atoms with Crippen molar-refractivity contribution in [1.82, 2.24) is 0 Å². The number of aliphatic imine (C=N–C) groups is 1. The maximum absolute atomic E-state index is 6.51. The van der Waals surface area contributed by atoms with Crippen molar-refractivity contribution in [2.24, 2.45) is 10.7 Å². The summed E-state index contributed by atoms with van der Waals surface area (Å²) in [6.45, 7) is 6.84. The zero-order valence-electron chi connectivity index (χ0n) is 30.0. The van der Waals surface area contributed by atoms with E-state index >= 15 is 0 Å². The molecule has 1 atom stereocenters. The highest BCUT2D eigenvalue weighted by atomic mass is 14.9. The average molecular weight is 665 g/mol. The maximum Gasteiger partial charge on any atom is 0.131 e. The van der Waals surface area contributed by atoms with E-state index in [4.69, 9.17) is 10.7 Å². The first-order chi connectivity index (χ1) is 25.0. The van der Waals surface area contributed by atoms with Crippen LogP contribution in [-0.4, -0.2) is 5.84 Å². The molecule has 1 unspecified atom stereocenters. The van der Waals surface area contributed by atoms with Crippen molar-refractivity contribution in [3.8, 4) is 0 Å². The van der Waals surface area contributed by atoms with E-state index in [1.54, 1.807) is 0 Å². The molecule has 1 aliphatic rings. The molecule has 0 heterocycles. The monoisotopic (exact) mass is 664 g/mol. The Bertz CT molecular complexity index is 2020. The van der Waals surface area contributed by atoms with Crippen LogP contribution in [-0.2, 0) is 11.8 Å². The first-order valence-electron chi connectivity index (χ1n) is 18.1. The Balaban J connectivity index is 1.40. The fourth-order valence-corrected chi connectivity index (χ4v) is 7.16. The molecule has 0 aromatic heterocycles. The molecule has 2 heteroatoms. The molecule has 0 saturated heterocycles. The summed E-state index contributed by atoms with van der Waals surface area (Å²) < 4.78 is 0. The molecule has 0 amide bonds. The molecule has 2 nitrogen and oxygen atoms in total. The van der Waals surface area contributed by atoms with E-state index in [9.17, 15) is 0 Å². The van der Waals surface area contributed by atoms with Gasteiger partial charge in [-0.1, -0.05) is 189 Å². The van der Waals surface area contributed by atoms with Crippen LogP contribution < -0.4 is 5.73 Å². The summed E-state index contributed by atoms with van der Waals surface area (Å²) in [6.07, 6.45) is 16.0. The molecular weight excluding hydrogens is 617 g/mol. The molecule has 0 bridgehead atoms. The topological polar surface area (TPSA) is 38.4 Å². The highest BCUT2D eigenvalue weighted by Gasteiger charge is 2.35. The fraction of sp³-hybridized carbons (Fsp3) is 0.163. The van der Waals surface area contributed by atoms with Gasteiger partial charge in [-0.3, -0.25) is 0 Å². The number of nitrogens with two attached hydrogens (primary N) is 1. The molecule has 0 aliphatic heterocycles. The van der Waals surface area contributed by atoms with Crippen molar-refractivity contribution >= 4 is 11.4 Å². The van der Waals surface area contributed by atoms with Gasteiger partial charge in [0.25, 0.3) is 0 Å². The van der Waals surface area contributed by atoms with Crippen LogP contribution in [0.3, 0.4) is 0 Å². The molecule has 5 aromatic carbocycles. The molecule has 5 aromatic rings. The van der Waals surface area contributed by atoms with E-state index in [2.05, 4.69) is 172 Å². The Kier molecular flexibility index (Phi) is 11.6. The van der Waals surface area contributed by atoms with Gasteiger partial charge in [-0.05, 0) is 77.6 Å². The van der Waals surface area contributed by atoms with Crippen LogP contribution in [0, 0.1) is 0 Å². The van der Waals surface area contributed by atoms with Gasteiger partial charge in [0.05, 0.1) is 5.70 Å². The third-order valence-electron chi connectivity index (χ3n) is 10.0. The van der Waals surface area contributed by atoms with Crippen molar-refractivity contribution in [3.63, 3.8) is 0 Å². The van der Waals surface area contributed by atoms with Crippen molar-refractivity contribution in [3.05, 3.63) is 232 Å². The van der Waals surface area contributed by atoms with Gasteiger partial charge in [0, 0.05) is 16.9 Å². The molecule has 2 N–H and O–H groups in total. The standard InChI is InChI=1S/C49H48N2/c1-4-20-45(49(3,43-27-16-8-17-28-43)44-29-18-9-19-30-44)47(41-23-12-6-13-24-41)37(2)39-34-31-38(32-35-39)33-36-46(40-21-10-5-11-22-40)51-48(50)42-25-14-7-15-26-42/h4-10,12-21,23-32,34-37H,11,22,33H2,1-3H3,(H2,50,51)/b20-4-,46-36-,47-45-. The third kappa shape index (κ3) is 8.19. The number of rotatable bonds is 12. The van der Waals surface area contributed by atoms with Gasteiger partial charge >= 0.3 is 0 Å². The second-order valence-electron chi connectivity index (χ2n) is 13.3. The van der Waals surface area contributed by atoms with Gasteiger partial charge in [-0.2, -0.15) is 0 Å². The smallest absolute Gasteiger partial charge is 0.131 e. The summed E-state index contributed by atoms with van der Waals surface area (Å²) in [5.41, 5.74) is 18.1. The zero-order chi connectivity index (χ0) is 35.5. The molecule has 51 heavy (non-hydrogen) atoms. The van der Waals surface area contributed by atoms with Crippen molar-refractivity contribution < 1.29 is 0 Å². The van der Waals surface area contributed by atoms with Crippen molar-refractivity contribution in [1.29, 1.82) is 0 Å². The normalized spacial score (nSPS) is 15.0. The summed E-state index contributed by atoms with van der Waals surface area (Å²) in [7, 11) is 0. The van der Waals surface area contributed by atoms with Crippen LogP contribution in [0.25, 0.3) is 5.57 Å². The quantitative estimate of drug-likeness (QED) is 0.0804. The van der Waals surface area contributed by atoms with Crippen LogP contribution in [0.5, 0.6) is 0 Å². The van der Waals surface area contributed by atoms with E-state index in [-0.39, 0.29) is 11.3 Å². The van der Waals surface area contributed by atoms with E-state index in [1.165, 1.54) is 44.5 Å². The minimum atomic E-state index is -0.388. The van der Waals surface area contributed by atoms with Gasteiger partial charge < -0.3 is 5.73 Å². The van der Waals surface area contributed by atoms with E-state index in [1.807, 2.05) is 30.3 Å². The molecule has 0 spiro atoms. The minimum absolute atomic E-state index is 0.125. The summed E-state index contributed by atoms with van der Waals surface area (Å²) in [5.74, 6) is 0.664. The zero-order valence-corrected chi connectivity index (χ0v) is 30.0. The Morgan fingerprint density at radius 2 is 1.29 bits per heavy atom. The highest BCUT2D eigenvalue weighted by molar-refractivity contribution is 5.98. The third-order valence-corrected chi connectivity index (χ3v) is 10.0. The largest absolute Gasteiger partial charge is 0.383 e. The predicted molar refractivity (Wildman–Crippen MR) is 218 cm³/mol. The van der Waals surface area contributed by atoms with Gasteiger partial charge in [-0.15, -0.1) is 0 Å². The Hall–Kier alpha value is -5.73. The molecule has 1 aliphatic carbocycles. The first kappa shape index (κ1) is 35.1. The molecule has 0 radical (unpaired) electrons. The van der Waals surface area contributed by atoms with Gasteiger partial charge in [-0.25, -0.2) is 4.99 Å². The Morgan fingerprint density at radius 3 is 1.82 bits per heavy atom. The van der Waals surface area contributed by atoms with E-state index in [0.29, 0.717) is 5.84 Å². The summed E-state index contributed by atoms with van der Waals surface area (Å²) in [4.78, 5) is 4.94. The Morgan fingerprint density at radius 1 is 0.745 bits per heavy atom. The van der Waals surface area contributed by atoms with Gasteiger partial charge in [0.2, 0.25) is 0 Å². The van der Waals surface area contributed by atoms with Gasteiger partial charge in [0.15, 0.2) is 0 Å². The lowest BCUT2D eigenvalue weighted by Gasteiger charge is -2.36. The number of hydrogen-bond acceptors (Lipinski definition) is 1. The minimum Gasteiger partial charge on any atom is -0.383 e. The SMILES string of the molecule is C/C=C\C(=C(\c1ccccc1)C(C)c1ccc(C/C=C(\N=C(/N)c2ccccc2)C2=CC=CCC2)cc1)C(C)(c1ccccc1)c1ccccc1. The number of amidine groups is 1. The summed E-state index contributed by atoms with van der Waals surface area (Å²) >= 11 is 0. The lowest BCUT2D eigenvalue weighted by molar-refractivity contribution is 0.687. The first-order valence-corrected chi connectivity index (χ1v) is 18.1. The van der Waals surface area contributed by atoms with Crippen LogP contribution >= 0.6 is 0 Å². The lowest BCUT2D eigenvalue weighted by atomic mass is 9.66. The molecule has 0 saturated carbocycles. The highest BCUT2D eigenvalue weighted by Crippen LogP contribution is 2.47. The van der Waals surface area contributed by atoms with Crippen LogP contribution in [0.15, 0.2) is 204 Å². The number of nitrogens with zero attached hydrogens (tertiary/aromatic N) is 1. The number of benzene rings is 5. The Labute approximate surface area is 304 Å². The van der Waals surface area contributed by atoms with Crippen LogP contribution in [0.2, 0.25) is 0 Å². The molecular formula is C49H48N2. The second-order valence-corrected chi connectivity index (χ2v) is 13.3. The van der Waals surface area contributed by atoms with Crippen molar-refractivity contribution in [2.45, 2.75) is 51.4 Å². The maximum atomic E-state index is 6.51. The average Bonchev–Trinajstić information content (AvgIpc) is 3.20. The number of allylic oxidation sites excluding steroid dienone is 9. The van der Waals surface area contributed by atoms with Gasteiger partial charge in [0.1, 0.15) is 5.84 Å². The van der Waals surface area contributed by atoms with E-state index < -0.39 is 0 Å². The molecule has 6 rings (SSSR count). The summed E-state index contributed by atoms with van der Waals surface area (Å²) in [6, 6.07) is 51.9. The number of hydrogen-bond donors (Lipinski definition) is 1. The summed E-state index contributed by atoms with van der Waals surface area (Å²) in [5, 5.41) is 0. The second kappa shape index (κ2) is 16.8.